The number of carbonyl (C=O) groups excluding carboxylic acids is 2. The Labute approximate surface area is 161 Å². The molecule has 2 amide bonds. The van der Waals surface area contributed by atoms with Gasteiger partial charge in [-0.25, -0.2) is 4.98 Å². The molecule has 0 saturated heterocycles. The number of amides is 2. The van der Waals surface area contributed by atoms with Gasteiger partial charge in [0, 0.05) is 13.0 Å². The first-order chi connectivity index (χ1) is 13.1. The standard InChI is InChI=1S/C20H21N3O3S/c1-2-26-15-8-9-16-17(13-15)27-20(22-16)23-18(24)10-11-21-19(25)12-14-6-4-3-5-7-14/h3-9,13H,2,10-12H2,1H3,(H,21,25)(H,22,23,24). The van der Waals surface area contributed by atoms with Crippen LogP contribution in [0, 0.1) is 0 Å². The molecule has 0 atom stereocenters. The first-order valence-corrected chi connectivity index (χ1v) is 9.59. The van der Waals surface area contributed by atoms with Gasteiger partial charge in [0.15, 0.2) is 5.13 Å². The molecular formula is C20H21N3O3S. The van der Waals surface area contributed by atoms with Gasteiger partial charge in [-0.2, -0.15) is 0 Å². The van der Waals surface area contributed by atoms with E-state index in [9.17, 15) is 9.59 Å². The molecule has 3 rings (SSSR count). The zero-order valence-electron chi connectivity index (χ0n) is 15.0. The van der Waals surface area contributed by atoms with E-state index >= 15 is 0 Å². The van der Waals surface area contributed by atoms with Gasteiger partial charge in [0.2, 0.25) is 11.8 Å². The van der Waals surface area contributed by atoms with E-state index in [1.807, 2.05) is 55.5 Å². The molecule has 7 heteroatoms. The number of rotatable bonds is 8. The second-order valence-electron chi connectivity index (χ2n) is 5.89. The zero-order chi connectivity index (χ0) is 19.1. The van der Waals surface area contributed by atoms with E-state index in [0.29, 0.717) is 18.2 Å². The van der Waals surface area contributed by atoms with Crippen molar-refractivity contribution in [2.24, 2.45) is 0 Å². The van der Waals surface area contributed by atoms with Gasteiger partial charge in [-0.05, 0) is 30.7 Å². The fraction of sp³-hybridized carbons (Fsp3) is 0.250. The molecule has 0 radical (unpaired) electrons. The molecule has 0 aliphatic heterocycles. The molecule has 0 aliphatic carbocycles. The fourth-order valence-electron chi connectivity index (χ4n) is 2.56. The third kappa shape index (κ3) is 5.52. The zero-order valence-corrected chi connectivity index (χ0v) is 15.8. The highest BCUT2D eigenvalue weighted by Gasteiger charge is 2.10. The molecule has 2 N–H and O–H groups in total. The highest BCUT2D eigenvalue weighted by molar-refractivity contribution is 7.22. The second-order valence-corrected chi connectivity index (χ2v) is 6.92. The Morgan fingerprint density at radius 2 is 1.93 bits per heavy atom. The van der Waals surface area contributed by atoms with Gasteiger partial charge in [0.25, 0.3) is 0 Å². The van der Waals surface area contributed by atoms with Gasteiger partial charge in [0.1, 0.15) is 5.75 Å². The van der Waals surface area contributed by atoms with Crippen molar-refractivity contribution in [3.8, 4) is 5.75 Å². The van der Waals surface area contributed by atoms with Crippen LogP contribution in [0.4, 0.5) is 5.13 Å². The lowest BCUT2D eigenvalue weighted by Gasteiger charge is -2.05. The summed E-state index contributed by atoms with van der Waals surface area (Å²) in [6.07, 6.45) is 0.503. The Morgan fingerprint density at radius 3 is 2.70 bits per heavy atom. The average Bonchev–Trinajstić information content (AvgIpc) is 3.04. The van der Waals surface area contributed by atoms with Crippen LogP contribution in [-0.4, -0.2) is 29.9 Å². The number of aromatic nitrogens is 1. The second kappa shape index (κ2) is 9.14. The van der Waals surface area contributed by atoms with Crippen LogP contribution in [0.25, 0.3) is 10.2 Å². The van der Waals surface area contributed by atoms with Crippen LogP contribution in [-0.2, 0) is 16.0 Å². The summed E-state index contributed by atoms with van der Waals surface area (Å²) in [7, 11) is 0. The summed E-state index contributed by atoms with van der Waals surface area (Å²) in [4.78, 5) is 28.4. The topological polar surface area (TPSA) is 80.3 Å². The Morgan fingerprint density at radius 1 is 1.11 bits per heavy atom. The van der Waals surface area contributed by atoms with Crippen LogP contribution in [0.2, 0.25) is 0 Å². The van der Waals surface area contributed by atoms with Crippen LogP contribution in [0.5, 0.6) is 5.75 Å². The van der Waals surface area contributed by atoms with Crippen molar-refractivity contribution in [2.45, 2.75) is 19.8 Å². The minimum absolute atomic E-state index is 0.0996. The lowest BCUT2D eigenvalue weighted by Crippen LogP contribution is -2.28. The third-order valence-corrected chi connectivity index (χ3v) is 4.73. The van der Waals surface area contributed by atoms with E-state index in [1.165, 1.54) is 11.3 Å². The molecule has 6 nitrogen and oxygen atoms in total. The molecule has 0 aliphatic rings. The van der Waals surface area contributed by atoms with Gasteiger partial charge >= 0.3 is 0 Å². The van der Waals surface area contributed by atoms with E-state index in [4.69, 9.17) is 4.74 Å². The number of nitrogens with one attached hydrogen (secondary N) is 2. The van der Waals surface area contributed by atoms with E-state index in [1.54, 1.807) is 0 Å². The van der Waals surface area contributed by atoms with Crippen molar-refractivity contribution in [2.75, 3.05) is 18.5 Å². The number of nitrogens with zero attached hydrogens (tertiary/aromatic N) is 1. The molecule has 0 spiro atoms. The third-order valence-electron chi connectivity index (χ3n) is 3.80. The summed E-state index contributed by atoms with van der Waals surface area (Å²) in [5.74, 6) is 0.504. The van der Waals surface area contributed by atoms with Crippen LogP contribution >= 0.6 is 11.3 Å². The SMILES string of the molecule is CCOc1ccc2nc(NC(=O)CCNC(=O)Cc3ccccc3)sc2c1. The molecule has 0 unspecified atom stereocenters. The molecule has 0 saturated carbocycles. The van der Waals surface area contributed by atoms with Crippen molar-refractivity contribution in [3.63, 3.8) is 0 Å². The van der Waals surface area contributed by atoms with E-state index in [-0.39, 0.29) is 24.8 Å². The first-order valence-electron chi connectivity index (χ1n) is 8.78. The van der Waals surface area contributed by atoms with Crippen molar-refractivity contribution in [1.29, 1.82) is 0 Å². The quantitative estimate of drug-likeness (QED) is 0.625. The summed E-state index contributed by atoms with van der Waals surface area (Å²) in [6, 6.07) is 15.1. The summed E-state index contributed by atoms with van der Waals surface area (Å²) in [5.41, 5.74) is 1.76. The monoisotopic (exact) mass is 383 g/mol. The molecule has 0 bridgehead atoms. The maximum absolute atomic E-state index is 12.1. The number of fused-ring (bicyclic) bond motifs is 1. The van der Waals surface area contributed by atoms with E-state index in [0.717, 1.165) is 21.5 Å². The van der Waals surface area contributed by atoms with Crippen LogP contribution < -0.4 is 15.4 Å². The van der Waals surface area contributed by atoms with Crippen LogP contribution in [0.1, 0.15) is 18.9 Å². The van der Waals surface area contributed by atoms with Gasteiger partial charge < -0.3 is 15.4 Å². The molecular weight excluding hydrogens is 362 g/mol. The smallest absolute Gasteiger partial charge is 0.227 e. The number of carbonyl (C=O) groups is 2. The summed E-state index contributed by atoms with van der Waals surface area (Å²) in [6.45, 7) is 2.82. The predicted molar refractivity (Wildman–Crippen MR) is 107 cm³/mol. The fourth-order valence-corrected chi connectivity index (χ4v) is 3.47. The van der Waals surface area contributed by atoms with Crippen LogP contribution in [0.3, 0.4) is 0 Å². The van der Waals surface area contributed by atoms with Gasteiger partial charge in [0.05, 0.1) is 23.2 Å². The van der Waals surface area contributed by atoms with Crippen molar-refractivity contribution in [3.05, 3.63) is 54.1 Å². The minimum Gasteiger partial charge on any atom is -0.494 e. The normalized spacial score (nSPS) is 10.6. The van der Waals surface area contributed by atoms with Gasteiger partial charge in [-0.1, -0.05) is 41.7 Å². The Hall–Kier alpha value is -2.93. The molecule has 0 fully saturated rings. The minimum atomic E-state index is -0.181. The maximum Gasteiger partial charge on any atom is 0.227 e. The van der Waals surface area contributed by atoms with E-state index < -0.39 is 0 Å². The molecule has 1 heterocycles. The molecule has 1 aromatic heterocycles. The maximum atomic E-state index is 12.1. The average molecular weight is 383 g/mol. The lowest BCUT2D eigenvalue weighted by molar-refractivity contribution is -0.120. The largest absolute Gasteiger partial charge is 0.494 e. The highest BCUT2D eigenvalue weighted by Crippen LogP contribution is 2.29. The number of benzene rings is 2. The lowest BCUT2D eigenvalue weighted by atomic mass is 10.1. The summed E-state index contributed by atoms with van der Waals surface area (Å²) < 4.78 is 6.43. The predicted octanol–water partition coefficient (Wildman–Crippen LogP) is 3.38. The Kier molecular flexibility index (Phi) is 6.38. The van der Waals surface area contributed by atoms with Crippen LogP contribution in [0.15, 0.2) is 48.5 Å². The Balaban J connectivity index is 1.46. The number of hydrogen-bond acceptors (Lipinski definition) is 5. The van der Waals surface area contributed by atoms with Gasteiger partial charge in [-0.15, -0.1) is 0 Å². The highest BCUT2D eigenvalue weighted by atomic mass is 32.1. The molecule has 27 heavy (non-hydrogen) atoms. The molecule has 3 aromatic rings. The number of anilines is 1. The first kappa shape index (κ1) is 18.8. The van der Waals surface area contributed by atoms with Crippen molar-refractivity contribution < 1.29 is 14.3 Å². The summed E-state index contributed by atoms with van der Waals surface area (Å²) in [5, 5.41) is 6.09. The number of hydrogen-bond donors (Lipinski definition) is 2. The molecule has 2 aromatic carbocycles. The number of ether oxygens (including phenoxy) is 1. The van der Waals surface area contributed by atoms with Gasteiger partial charge in [-0.3, -0.25) is 9.59 Å². The molecule has 140 valence electrons. The van der Waals surface area contributed by atoms with E-state index in [2.05, 4.69) is 15.6 Å². The van der Waals surface area contributed by atoms with Crippen molar-refractivity contribution in [1.82, 2.24) is 10.3 Å². The Bertz CT molecular complexity index is 925. The van der Waals surface area contributed by atoms with Crippen molar-refractivity contribution >= 4 is 38.5 Å². The number of thiazole rings is 1. The summed E-state index contributed by atoms with van der Waals surface area (Å²) >= 11 is 1.40.